The second-order valence-corrected chi connectivity index (χ2v) is 7.98. The third-order valence-corrected chi connectivity index (χ3v) is 5.93. The van der Waals surface area contributed by atoms with E-state index < -0.39 is 10.0 Å². The minimum atomic E-state index is -3.33. The Hall–Kier alpha value is -0.920. The molecule has 2 rings (SSSR count). The molecule has 0 atom stereocenters. The van der Waals surface area contributed by atoms with Crippen molar-refractivity contribution in [3.63, 3.8) is 0 Å². The van der Waals surface area contributed by atoms with Gasteiger partial charge in [0.25, 0.3) is 0 Å². The van der Waals surface area contributed by atoms with Crippen molar-refractivity contribution in [1.29, 1.82) is 0 Å². The molecule has 0 radical (unpaired) electrons. The number of rotatable bonds is 7. The number of thiophene rings is 1. The van der Waals surface area contributed by atoms with Crippen LogP contribution in [0.4, 0.5) is 0 Å². The fourth-order valence-electron chi connectivity index (χ4n) is 2.24. The molecule has 0 saturated carbocycles. The topological polar surface area (TPSA) is 72.5 Å². The molecule has 1 aliphatic rings. The summed E-state index contributed by atoms with van der Waals surface area (Å²) in [5.41, 5.74) is 1.37. The van der Waals surface area contributed by atoms with E-state index in [0.29, 0.717) is 6.54 Å². The van der Waals surface area contributed by atoms with Gasteiger partial charge in [0.1, 0.15) is 0 Å². The molecule has 1 N–H and O–H groups in total. The van der Waals surface area contributed by atoms with E-state index in [1.165, 1.54) is 24.0 Å². The summed E-state index contributed by atoms with van der Waals surface area (Å²) in [5, 5.41) is 0. The van der Waals surface area contributed by atoms with Crippen LogP contribution in [0.15, 0.2) is 6.07 Å². The van der Waals surface area contributed by atoms with Gasteiger partial charge < -0.3 is 4.74 Å². The van der Waals surface area contributed by atoms with Crippen molar-refractivity contribution in [2.24, 2.45) is 0 Å². The van der Waals surface area contributed by atoms with Gasteiger partial charge in [0.15, 0.2) is 0 Å². The van der Waals surface area contributed by atoms with Crippen LogP contribution in [0.5, 0.6) is 0 Å². The zero-order chi connectivity index (χ0) is 14.6. The molecule has 5 nitrogen and oxygen atoms in total. The number of ether oxygens (including phenoxy) is 1. The molecule has 0 aromatic carbocycles. The van der Waals surface area contributed by atoms with Gasteiger partial charge in [0, 0.05) is 22.7 Å². The number of hydrogen-bond acceptors (Lipinski definition) is 5. The lowest BCUT2D eigenvalue weighted by atomic mass is 10.2. The van der Waals surface area contributed by atoms with Crippen LogP contribution >= 0.6 is 11.3 Å². The van der Waals surface area contributed by atoms with Crippen LogP contribution in [0.2, 0.25) is 0 Å². The second kappa shape index (κ2) is 6.69. The SMILES string of the molecule is COC(=O)CCCS(=O)(=O)NCc1cc2c(s1)CCC2. The predicted molar refractivity (Wildman–Crippen MR) is 78.2 cm³/mol. The van der Waals surface area contributed by atoms with Gasteiger partial charge in [-0.25, -0.2) is 13.1 Å². The number of sulfonamides is 1. The van der Waals surface area contributed by atoms with Crippen LogP contribution in [-0.2, 0) is 38.9 Å². The maximum absolute atomic E-state index is 11.8. The molecule has 0 bridgehead atoms. The molecule has 1 heterocycles. The summed E-state index contributed by atoms with van der Waals surface area (Å²) in [6, 6.07) is 2.10. The molecular formula is C13H19NO4S2. The quantitative estimate of drug-likeness (QED) is 0.776. The number of esters is 1. The number of aryl methyl sites for hydroxylation is 2. The van der Waals surface area contributed by atoms with Crippen molar-refractivity contribution in [3.8, 4) is 0 Å². The van der Waals surface area contributed by atoms with Crippen molar-refractivity contribution in [1.82, 2.24) is 4.72 Å². The predicted octanol–water partition coefficient (Wildman–Crippen LogP) is 1.61. The Morgan fingerprint density at radius 3 is 2.95 bits per heavy atom. The number of carbonyl (C=O) groups excluding carboxylic acids is 1. The van der Waals surface area contributed by atoms with Crippen LogP contribution in [0.1, 0.15) is 34.6 Å². The van der Waals surface area contributed by atoms with E-state index in [-0.39, 0.29) is 24.6 Å². The zero-order valence-electron chi connectivity index (χ0n) is 11.5. The van der Waals surface area contributed by atoms with Gasteiger partial charge in [-0.05, 0) is 37.3 Å². The maximum Gasteiger partial charge on any atom is 0.305 e. The normalized spacial score (nSPS) is 14.2. The van der Waals surface area contributed by atoms with Crippen LogP contribution in [0.3, 0.4) is 0 Å². The number of methoxy groups -OCH3 is 1. The van der Waals surface area contributed by atoms with E-state index >= 15 is 0 Å². The summed E-state index contributed by atoms with van der Waals surface area (Å²) in [5.74, 6) is -0.428. The second-order valence-electron chi connectivity index (χ2n) is 4.83. The molecule has 0 unspecified atom stereocenters. The Bertz CT molecular complexity index is 556. The van der Waals surface area contributed by atoms with Gasteiger partial charge in [-0.2, -0.15) is 0 Å². The van der Waals surface area contributed by atoms with Gasteiger partial charge in [0.2, 0.25) is 10.0 Å². The molecule has 1 aliphatic carbocycles. The molecule has 1 aromatic rings. The zero-order valence-corrected chi connectivity index (χ0v) is 13.1. The van der Waals surface area contributed by atoms with E-state index in [1.807, 2.05) is 0 Å². The van der Waals surface area contributed by atoms with Crippen LogP contribution in [-0.4, -0.2) is 27.2 Å². The first kappa shape index (κ1) is 15.5. The first-order valence-corrected chi connectivity index (χ1v) is 9.11. The minimum absolute atomic E-state index is 0.0484. The lowest BCUT2D eigenvalue weighted by Gasteiger charge is -2.05. The summed E-state index contributed by atoms with van der Waals surface area (Å²) in [6.45, 7) is 0.345. The smallest absolute Gasteiger partial charge is 0.305 e. The minimum Gasteiger partial charge on any atom is -0.469 e. The van der Waals surface area contributed by atoms with E-state index in [9.17, 15) is 13.2 Å². The lowest BCUT2D eigenvalue weighted by molar-refractivity contribution is -0.140. The van der Waals surface area contributed by atoms with Gasteiger partial charge in [-0.15, -0.1) is 11.3 Å². The molecule has 0 amide bonds. The van der Waals surface area contributed by atoms with Crippen molar-refractivity contribution < 1.29 is 17.9 Å². The van der Waals surface area contributed by atoms with Gasteiger partial charge >= 0.3 is 5.97 Å². The molecule has 0 fully saturated rings. The molecular weight excluding hydrogens is 298 g/mol. The molecule has 1 aromatic heterocycles. The highest BCUT2D eigenvalue weighted by Gasteiger charge is 2.16. The molecule has 0 spiro atoms. The largest absolute Gasteiger partial charge is 0.469 e. The number of nitrogens with one attached hydrogen (secondary N) is 1. The summed E-state index contributed by atoms with van der Waals surface area (Å²) in [7, 11) is -2.03. The van der Waals surface area contributed by atoms with E-state index in [1.54, 1.807) is 11.3 Å². The van der Waals surface area contributed by atoms with Gasteiger partial charge in [0.05, 0.1) is 12.9 Å². The average molecular weight is 317 g/mol. The highest BCUT2D eigenvalue weighted by molar-refractivity contribution is 7.89. The van der Waals surface area contributed by atoms with Crippen LogP contribution in [0.25, 0.3) is 0 Å². The summed E-state index contributed by atoms with van der Waals surface area (Å²) in [6.07, 6.45) is 3.85. The fraction of sp³-hybridized carbons (Fsp3) is 0.615. The molecule has 20 heavy (non-hydrogen) atoms. The number of hydrogen-bond donors (Lipinski definition) is 1. The van der Waals surface area contributed by atoms with E-state index in [4.69, 9.17) is 0 Å². The highest BCUT2D eigenvalue weighted by Crippen LogP contribution is 2.30. The number of carbonyl (C=O) groups is 1. The Balaban J connectivity index is 1.78. The first-order chi connectivity index (χ1) is 9.50. The van der Waals surface area contributed by atoms with Crippen molar-refractivity contribution in [2.45, 2.75) is 38.6 Å². The van der Waals surface area contributed by atoms with Crippen LogP contribution < -0.4 is 4.72 Å². The maximum atomic E-state index is 11.8. The van der Waals surface area contributed by atoms with Crippen molar-refractivity contribution >= 4 is 27.3 Å². The van der Waals surface area contributed by atoms with Gasteiger partial charge in [-0.1, -0.05) is 0 Å². The average Bonchev–Trinajstić information content (AvgIpc) is 2.96. The van der Waals surface area contributed by atoms with Gasteiger partial charge in [-0.3, -0.25) is 4.79 Å². The highest BCUT2D eigenvalue weighted by atomic mass is 32.2. The molecule has 112 valence electrons. The third-order valence-electron chi connectivity index (χ3n) is 3.29. The summed E-state index contributed by atoms with van der Waals surface area (Å²) >= 11 is 1.69. The molecule has 0 aliphatic heterocycles. The van der Waals surface area contributed by atoms with Crippen molar-refractivity contribution in [2.75, 3.05) is 12.9 Å². The molecule has 0 saturated heterocycles. The van der Waals surface area contributed by atoms with E-state index in [0.717, 1.165) is 17.7 Å². The first-order valence-electron chi connectivity index (χ1n) is 6.65. The molecule has 7 heteroatoms. The Morgan fingerprint density at radius 1 is 1.45 bits per heavy atom. The Morgan fingerprint density at radius 2 is 2.25 bits per heavy atom. The Kier molecular flexibility index (Phi) is 5.17. The van der Waals surface area contributed by atoms with Crippen LogP contribution in [0, 0.1) is 0 Å². The monoisotopic (exact) mass is 317 g/mol. The third kappa shape index (κ3) is 4.29. The summed E-state index contributed by atoms with van der Waals surface area (Å²) in [4.78, 5) is 13.4. The van der Waals surface area contributed by atoms with Crippen molar-refractivity contribution in [3.05, 3.63) is 21.4 Å². The van der Waals surface area contributed by atoms with E-state index in [2.05, 4.69) is 15.5 Å². The fourth-order valence-corrected chi connectivity index (χ4v) is 4.58. The standard InChI is InChI=1S/C13H19NO4S2/c1-18-13(15)6-3-7-20(16,17)14-9-11-8-10-4-2-5-12(10)19-11/h8,14H,2-7,9H2,1H3. The lowest BCUT2D eigenvalue weighted by Crippen LogP contribution is -2.26. The Labute approximate surface area is 123 Å². The summed E-state index contributed by atoms with van der Waals surface area (Å²) < 4.78 is 30.6. The number of fused-ring (bicyclic) bond motifs is 1.